The van der Waals surface area contributed by atoms with Gasteiger partial charge in [-0.3, -0.25) is 0 Å². The van der Waals surface area contributed by atoms with E-state index in [2.05, 4.69) is 20.9 Å². The van der Waals surface area contributed by atoms with Gasteiger partial charge in [0.2, 0.25) is 0 Å². The summed E-state index contributed by atoms with van der Waals surface area (Å²) in [6.07, 6.45) is 3.94. The number of imidazole rings is 1. The zero-order valence-corrected chi connectivity index (χ0v) is 12.9. The van der Waals surface area contributed by atoms with Crippen molar-refractivity contribution in [2.45, 2.75) is 12.5 Å². The van der Waals surface area contributed by atoms with Gasteiger partial charge < -0.3 is 9.14 Å². The Bertz CT molecular complexity index is 709. The van der Waals surface area contributed by atoms with Crippen molar-refractivity contribution in [3.63, 3.8) is 0 Å². The van der Waals surface area contributed by atoms with Gasteiger partial charge in [0, 0.05) is 22.7 Å². The van der Waals surface area contributed by atoms with E-state index in [-0.39, 0.29) is 0 Å². The topological polar surface area (TPSA) is 26.5 Å². The summed E-state index contributed by atoms with van der Waals surface area (Å²) in [5.41, 5.74) is 2.83. The fourth-order valence-corrected chi connectivity index (χ4v) is 2.73. The quantitative estimate of drug-likeness (QED) is 0.651. The van der Waals surface area contributed by atoms with Gasteiger partial charge in [0.1, 0.15) is 18.0 Å². The van der Waals surface area contributed by atoms with Gasteiger partial charge in [-0.25, -0.2) is 4.98 Å². The van der Waals surface area contributed by atoms with Crippen molar-refractivity contribution in [3.8, 4) is 5.75 Å². The van der Waals surface area contributed by atoms with Crippen molar-refractivity contribution >= 4 is 33.2 Å². The molecule has 3 rings (SSSR count). The van der Waals surface area contributed by atoms with Crippen molar-refractivity contribution in [2.75, 3.05) is 0 Å². The Labute approximate surface area is 130 Å². The molecule has 0 radical (unpaired) electrons. The number of hydrogen-bond acceptors (Lipinski definition) is 2. The molecular weight excluding hydrogens is 340 g/mol. The minimum absolute atomic E-state index is 0.436. The molecule has 3 nitrogen and oxygen atoms in total. The monoisotopic (exact) mass is 350 g/mol. The molecular formula is C15H12BrClN2O. The van der Waals surface area contributed by atoms with Crippen LogP contribution in [0.1, 0.15) is 11.3 Å². The average molecular weight is 352 g/mol. The molecule has 3 aromatic rings. The molecule has 0 bridgehead atoms. The number of fused-ring (bicyclic) bond motifs is 1. The minimum atomic E-state index is 0.436. The predicted molar refractivity (Wildman–Crippen MR) is 83.2 cm³/mol. The maximum Gasteiger partial charge on any atom is 0.137 e. The van der Waals surface area contributed by atoms with Gasteiger partial charge in [-0.1, -0.05) is 22.0 Å². The summed E-state index contributed by atoms with van der Waals surface area (Å²) in [7, 11) is 0. The molecule has 0 N–H and O–H groups in total. The van der Waals surface area contributed by atoms with Crippen LogP contribution in [-0.4, -0.2) is 9.38 Å². The lowest BCUT2D eigenvalue weighted by atomic mass is 10.2. The first-order valence-corrected chi connectivity index (χ1v) is 7.49. The first-order chi connectivity index (χ1) is 9.76. The second kappa shape index (κ2) is 5.85. The molecule has 20 heavy (non-hydrogen) atoms. The van der Waals surface area contributed by atoms with Crippen molar-refractivity contribution in [2.24, 2.45) is 0 Å². The van der Waals surface area contributed by atoms with Gasteiger partial charge in [-0.05, 0) is 35.9 Å². The van der Waals surface area contributed by atoms with E-state index in [0.29, 0.717) is 12.5 Å². The van der Waals surface area contributed by atoms with Crippen LogP contribution in [0.3, 0.4) is 0 Å². The molecule has 2 aromatic heterocycles. The highest BCUT2D eigenvalue weighted by Crippen LogP contribution is 2.24. The van der Waals surface area contributed by atoms with Crippen LogP contribution in [0.5, 0.6) is 5.75 Å². The van der Waals surface area contributed by atoms with E-state index in [1.807, 2.05) is 53.2 Å². The maximum atomic E-state index is 5.87. The SMILES string of the molecule is ClCc1cc(OCc2cn3ccccc3n2)ccc1Br. The van der Waals surface area contributed by atoms with E-state index in [4.69, 9.17) is 16.3 Å². The lowest BCUT2D eigenvalue weighted by Crippen LogP contribution is -1.96. The molecule has 5 heteroatoms. The van der Waals surface area contributed by atoms with Crippen LogP contribution in [0.2, 0.25) is 0 Å². The minimum Gasteiger partial charge on any atom is -0.487 e. The highest BCUT2D eigenvalue weighted by atomic mass is 79.9. The molecule has 0 unspecified atom stereocenters. The van der Waals surface area contributed by atoms with Crippen molar-refractivity contribution in [1.82, 2.24) is 9.38 Å². The zero-order chi connectivity index (χ0) is 13.9. The van der Waals surface area contributed by atoms with E-state index in [0.717, 1.165) is 27.1 Å². The van der Waals surface area contributed by atoms with Crippen LogP contribution >= 0.6 is 27.5 Å². The van der Waals surface area contributed by atoms with Crippen LogP contribution in [0.15, 0.2) is 53.3 Å². The molecule has 0 fully saturated rings. The smallest absolute Gasteiger partial charge is 0.137 e. The molecule has 2 heterocycles. The number of hydrogen-bond donors (Lipinski definition) is 0. The van der Waals surface area contributed by atoms with Gasteiger partial charge in [-0.2, -0.15) is 0 Å². The number of rotatable bonds is 4. The Kier molecular flexibility index (Phi) is 3.94. The summed E-state index contributed by atoms with van der Waals surface area (Å²) in [5, 5.41) is 0. The van der Waals surface area contributed by atoms with E-state index in [1.54, 1.807) is 0 Å². The lowest BCUT2D eigenvalue weighted by molar-refractivity contribution is 0.302. The summed E-state index contributed by atoms with van der Waals surface area (Å²) in [5.74, 6) is 1.24. The maximum absolute atomic E-state index is 5.87. The molecule has 0 spiro atoms. The standard InChI is InChI=1S/C15H12BrClN2O/c16-14-5-4-13(7-11(14)8-17)20-10-12-9-19-6-2-1-3-15(19)18-12/h1-7,9H,8,10H2. The summed E-state index contributed by atoms with van der Waals surface area (Å²) < 4.78 is 8.73. The first-order valence-electron chi connectivity index (χ1n) is 6.16. The Balaban J connectivity index is 1.75. The molecule has 0 aliphatic rings. The molecule has 0 saturated heterocycles. The number of nitrogens with zero attached hydrogens (tertiary/aromatic N) is 2. The number of alkyl halides is 1. The summed E-state index contributed by atoms with van der Waals surface area (Å²) >= 11 is 9.33. The molecule has 0 aliphatic carbocycles. The van der Waals surface area contributed by atoms with Crippen LogP contribution in [0.25, 0.3) is 5.65 Å². The van der Waals surface area contributed by atoms with E-state index >= 15 is 0 Å². The molecule has 0 amide bonds. The Morgan fingerprint density at radius 3 is 2.95 bits per heavy atom. The highest BCUT2D eigenvalue weighted by Gasteiger charge is 2.04. The van der Waals surface area contributed by atoms with Crippen LogP contribution in [-0.2, 0) is 12.5 Å². The zero-order valence-electron chi connectivity index (χ0n) is 10.6. The van der Waals surface area contributed by atoms with Gasteiger partial charge in [0.15, 0.2) is 0 Å². The van der Waals surface area contributed by atoms with Gasteiger partial charge >= 0.3 is 0 Å². The summed E-state index contributed by atoms with van der Waals surface area (Å²) in [6.45, 7) is 0.436. The van der Waals surface area contributed by atoms with Crippen molar-refractivity contribution in [1.29, 1.82) is 0 Å². The van der Waals surface area contributed by atoms with E-state index in [9.17, 15) is 0 Å². The molecule has 1 aromatic carbocycles. The Morgan fingerprint density at radius 1 is 1.25 bits per heavy atom. The number of aromatic nitrogens is 2. The van der Waals surface area contributed by atoms with Crippen molar-refractivity contribution in [3.05, 3.63) is 64.5 Å². The number of benzene rings is 1. The number of ether oxygens (including phenoxy) is 1. The first kappa shape index (κ1) is 13.5. The third kappa shape index (κ3) is 2.81. The van der Waals surface area contributed by atoms with E-state index in [1.165, 1.54) is 0 Å². The highest BCUT2D eigenvalue weighted by molar-refractivity contribution is 9.10. The molecule has 0 aliphatic heterocycles. The molecule has 0 saturated carbocycles. The predicted octanol–water partition coefficient (Wildman–Crippen LogP) is 4.41. The summed E-state index contributed by atoms with van der Waals surface area (Å²) in [4.78, 5) is 4.49. The molecule has 102 valence electrons. The number of pyridine rings is 1. The van der Waals surface area contributed by atoms with Gasteiger partial charge in [-0.15, -0.1) is 11.6 Å². The van der Waals surface area contributed by atoms with Crippen LogP contribution in [0, 0.1) is 0 Å². The van der Waals surface area contributed by atoms with Gasteiger partial charge in [0.05, 0.1) is 5.69 Å². The average Bonchev–Trinajstić information content (AvgIpc) is 2.89. The third-order valence-corrected chi connectivity index (χ3v) is 4.02. The summed E-state index contributed by atoms with van der Waals surface area (Å²) in [6, 6.07) is 11.7. The van der Waals surface area contributed by atoms with Crippen LogP contribution in [0.4, 0.5) is 0 Å². The second-order valence-electron chi connectivity index (χ2n) is 4.37. The fourth-order valence-electron chi connectivity index (χ4n) is 1.96. The molecule has 0 atom stereocenters. The largest absolute Gasteiger partial charge is 0.487 e. The Hall–Kier alpha value is -1.52. The third-order valence-electron chi connectivity index (χ3n) is 2.96. The normalized spacial score (nSPS) is 10.9. The van der Waals surface area contributed by atoms with Gasteiger partial charge in [0.25, 0.3) is 0 Å². The Morgan fingerprint density at radius 2 is 2.15 bits per heavy atom. The number of halogens is 2. The van der Waals surface area contributed by atoms with Crippen LogP contribution < -0.4 is 4.74 Å². The van der Waals surface area contributed by atoms with Crippen molar-refractivity contribution < 1.29 is 4.74 Å². The second-order valence-corrected chi connectivity index (χ2v) is 5.50. The van der Waals surface area contributed by atoms with E-state index < -0.39 is 0 Å². The fraction of sp³-hybridized carbons (Fsp3) is 0.133. The lowest BCUT2D eigenvalue weighted by Gasteiger charge is -2.07.